The number of imidazole rings is 1. The van der Waals surface area contributed by atoms with Crippen molar-refractivity contribution in [1.29, 1.82) is 0 Å². The van der Waals surface area contributed by atoms with Gasteiger partial charge < -0.3 is 15.0 Å². The summed E-state index contributed by atoms with van der Waals surface area (Å²) in [7, 11) is 0. The lowest BCUT2D eigenvalue weighted by Gasteiger charge is -2.18. The summed E-state index contributed by atoms with van der Waals surface area (Å²) in [5.41, 5.74) is 2.10. The van der Waals surface area contributed by atoms with Gasteiger partial charge in [-0.05, 0) is 32.9 Å². The Bertz CT molecular complexity index is 671. The minimum absolute atomic E-state index is 0.232. The fourth-order valence-electron chi connectivity index (χ4n) is 1.64. The number of hydrogen-bond acceptors (Lipinski definition) is 3. The molecule has 1 aromatic carbocycles. The van der Waals surface area contributed by atoms with E-state index < -0.39 is 11.7 Å². The third-order valence-electron chi connectivity index (χ3n) is 2.39. The van der Waals surface area contributed by atoms with E-state index >= 15 is 0 Å². The number of para-hydroxylation sites is 1. The summed E-state index contributed by atoms with van der Waals surface area (Å²) >= 11 is 0. The van der Waals surface area contributed by atoms with E-state index in [2.05, 4.69) is 27.1 Å². The number of aromatic amines is 1. The van der Waals surface area contributed by atoms with Crippen molar-refractivity contribution in [2.45, 2.75) is 26.4 Å². The molecule has 0 spiro atoms. The van der Waals surface area contributed by atoms with Crippen LogP contribution in [0.4, 0.5) is 4.79 Å². The highest BCUT2D eigenvalue weighted by molar-refractivity contribution is 5.81. The molecule has 2 N–H and O–H groups in total. The largest absolute Gasteiger partial charge is 0.444 e. The monoisotopic (exact) mass is 271 g/mol. The average Bonchev–Trinajstić information content (AvgIpc) is 2.81. The number of carbonyl (C=O) groups excluding carboxylic acids is 1. The lowest BCUT2D eigenvalue weighted by Crippen LogP contribution is -2.32. The zero-order valence-corrected chi connectivity index (χ0v) is 11.8. The van der Waals surface area contributed by atoms with Crippen LogP contribution in [0.15, 0.2) is 24.5 Å². The number of aromatic nitrogens is 2. The van der Waals surface area contributed by atoms with Crippen molar-refractivity contribution in [3.05, 3.63) is 30.1 Å². The molecule has 1 amide bonds. The second-order valence-corrected chi connectivity index (χ2v) is 5.26. The number of nitrogens with one attached hydrogen (secondary N) is 2. The van der Waals surface area contributed by atoms with E-state index in [9.17, 15) is 4.79 Å². The molecule has 0 radical (unpaired) electrons. The number of carbonyl (C=O) groups is 1. The minimum Gasteiger partial charge on any atom is -0.444 e. The van der Waals surface area contributed by atoms with Gasteiger partial charge in [0, 0.05) is 0 Å². The molecule has 1 aromatic heterocycles. The average molecular weight is 271 g/mol. The summed E-state index contributed by atoms with van der Waals surface area (Å²) in [6, 6.07) is 5.74. The molecule has 0 fully saturated rings. The zero-order valence-electron chi connectivity index (χ0n) is 11.8. The molecule has 0 saturated carbocycles. The maximum absolute atomic E-state index is 11.4. The lowest BCUT2D eigenvalue weighted by molar-refractivity contribution is 0.0535. The van der Waals surface area contributed by atoms with Gasteiger partial charge in [0.2, 0.25) is 0 Å². The van der Waals surface area contributed by atoms with Crippen molar-refractivity contribution >= 4 is 17.1 Å². The number of ether oxygens (including phenoxy) is 1. The number of nitrogens with zero attached hydrogens (tertiary/aromatic N) is 1. The Morgan fingerprint density at radius 2 is 2.25 bits per heavy atom. The summed E-state index contributed by atoms with van der Waals surface area (Å²) in [5.74, 6) is 5.87. The topological polar surface area (TPSA) is 67.0 Å². The van der Waals surface area contributed by atoms with E-state index in [0.29, 0.717) is 0 Å². The van der Waals surface area contributed by atoms with Crippen molar-refractivity contribution in [3.63, 3.8) is 0 Å². The van der Waals surface area contributed by atoms with Crippen LogP contribution >= 0.6 is 0 Å². The summed E-state index contributed by atoms with van der Waals surface area (Å²) in [6.45, 7) is 5.68. The first-order valence-electron chi connectivity index (χ1n) is 6.33. The van der Waals surface area contributed by atoms with Crippen molar-refractivity contribution in [1.82, 2.24) is 15.3 Å². The minimum atomic E-state index is -0.502. The number of fused-ring (bicyclic) bond motifs is 1. The van der Waals surface area contributed by atoms with Crippen LogP contribution in [0.5, 0.6) is 0 Å². The molecule has 0 aliphatic heterocycles. The highest BCUT2D eigenvalue weighted by Gasteiger charge is 2.14. The van der Waals surface area contributed by atoms with Crippen molar-refractivity contribution in [2.24, 2.45) is 0 Å². The van der Waals surface area contributed by atoms with E-state index in [1.54, 1.807) is 6.33 Å². The quantitative estimate of drug-likeness (QED) is 0.783. The van der Waals surface area contributed by atoms with Crippen LogP contribution in [-0.2, 0) is 4.74 Å². The Kier molecular flexibility index (Phi) is 3.94. The smallest absolute Gasteiger partial charge is 0.408 e. The summed E-state index contributed by atoms with van der Waals surface area (Å²) < 4.78 is 5.11. The fourth-order valence-corrected chi connectivity index (χ4v) is 1.64. The Hall–Kier alpha value is -2.48. The van der Waals surface area contributed by atoms with Gasteiger partial charge in [0.05, 0.1) is 24.0 Å². The molecule has 5 nitrogen and oxygen atoms in total. The summed E-state index contributed by atoms with van der Waals surface area (Å²) in [6.07, 6.45) is 1.17. The maximum Gasteiger partial charge on any atom is 0.408 e. The van der Waals surface area contributed by atoms with Crippen LogP contribution < -0.4 is 5.32 Å². The number of benzene rings is 1. The van der Waals surface area contributed by atoms with Gasteiger partial charge in [-0.1, -0.05) is 17.9 Å². The number of rotatable bonds is 1. The van der Waals surface area contributed by atoms with Crippen LogP contribution in [0, 0.1) is 11.8 Å². The molecule has 104 valence electrons. The number of alkyl carbamates (subject to hydrolysis) is 1. The first-order chi connectivity index (χ1) is 9.46. The molecule has 0 saturated heterocycles. The summed E-state index contributed by atoms with van der Waals surface area (Å²) in [5, 5.41) is 2.59. The SMILES string of the molecule is CC(C)(C)OC(=O)NCC#Cc1cccc2[nH]cnc12. The van der Waals surface area contributed by atoms with Gasteiger partial charge >= 0.3 is 6.09 Å². The molecular formula is C15H17N3O2. The molecule has 0 atom stereocenters. The maximum atomic E-state index is 11.4. The van der Waals surface area contributed by atoms with Crippen LogP contribution in [0.25, 0.3) is 11.0 Å². The van der Waals surface area contributed by atoms with E-state index in [0.717, 1.165) is 16.6 Å². The normalized spacial score (nSPS) is 10.8. The second-order valence-electron chi connectivity index (χ2n) is 5.26. The van der Waals surface area contributed by atoms with Gasteiger partial charge in [0.1, 0.15) is 11.1 Å². The molecular weight excluding hydrogens is 254 g/mol. The third kappa shape index (κ3) is 3.75. The van der Waals surface area contributed by atoms with E-state index in [1.807, 2.05) is 39.0 Å². The Morgan fingerprint density at radius 1 is 1.45 bits per heavy atom. The van der Waals surface area contributed by atoms with Gasteiger partial charge in [-0.2, -0.15) is 0 Å². The molecule has 1 heterocycles. The highest BCUT2D eigenvalue weighted by atomic mass is 16.6. The molecule has 0 aliphatic rings. The van der Waals surface area contributed by atoms with E-state index in [4.69, 9.17) is 4.74 Å². The summed E-state index contributed by atoms with van der Waals surface area (Å²) in [4.78, 5) is 18.7. The molecule has 20 heavy (non-hydrogen) atoms. The van der Waals surface area contributed by atoms with Crippen molar-refractivity contribution in [2.75, 3.05) is 6.54 Å². The molecule has 0 aliphatic carbocycles. The number of amides is 1. The number of H-pyrrole nitrogens is 1. The second kappa shape index (κ2) is 5.66. The van der Waals surface area contributed by atoms with Crippen molar-refractivity contribution < 1.29 is 9.53 Å². The predicted octanol–water partition coefficient (Wildman–Crippen LogP) is 2.44. The molecule has 5 heteroatoms. The Morgan fingerprint density at radius 3 is 3.00 bits per heavy atom. The van der Waals surface area contributed by atoms with Crippen LogP contribution in [0.2, 0.25) is 0 Å². The molecule has 2 aromatic rings. The first-order valence-corrected chi connectivity index (χ1v) is 6.33. The van der Waals surface area contributed by atoms with Gasteiger partial charge in [-0.15, -0.1) is 0 Å². The fraction of sp³-hybridized carbons (Fsp3) is 0.333. The Balaban J connectivity index is 1.95. The molecule has 0 unspecified atom stereocenters. The number of hydrogen-bond donors (Lipinski definition) is 2. The zero-order chi connectivity index (χ0) is 14.6. The van der Waals surface area contributed by atoms with Crippen LogP contribution in [0.1, 0.15) is 26.3 Å². The standard InChI is InChI=1S/C15H17N3O2/c1-15(2,3)20-14(19)16-9-5-7-11-6-4-8-12-13(11)18-10-17-12/h4,6,8,10H,9H2,1-3H3,(H,16,19)(H,17,18). The molecule has 0 bridgehead atoms. The predicted molar refractivity (Wildman–Crippen MR) is 77.2 cm³/mol. The van der Waals surface area contributed by atoms with Crippen LogP contribution in [0.3, 0.4) is 0 Å². The Labute approximate surface area is 117 Å². The van der Waals surface area contributed by atoms with Gasteiger partial charge in [-0.3, -0.25) is 0 Å². The van der Waals surface area contributed by atoms with Crippen LogP contribution in [-0.4, -0.2) is 28.2 Å². The van der Waals surface area contributed by atoms with Crippen molar-refractivity contribution in [3.8, 4) is 11.8 Å². The molecule has 2 rings (SSSR count). The van der Waals surface area contributed by atoms with E-state index in [-0.39, 0.29) is 6.54 Å². The lowest BCUT2D eigenvalue weighted by atomic mass is 10.2. The van der Waals surface area contributed by atoms with Gasteiger partial charge in [0.15, 0.2) is 0 Å². The third-order valence-corrected chi connectivity index (χ3v) is 2.39. The highest BCUT2D eigenvalue weighted by Crippen LogP contribution is 2.12. The van der Waals surface area contributed by atoms with Gasteiger partial charge in [-0.25, -0.2) is 9.78 Å². The van der Waals surface area contributed by atoms with E-state index in [1.165, 1.54) is 0 Å². The first kappa shape index (κ1) is 13.9. The van der Waals surface area contributed by atoms with Gasteiger partial charge in [0.25, 0.3) is 0 Å².